The number of hydrogen-bond donors (Lipinski definition) is 0. The van der Waals surface area contributed by atoms with E-state index in [9.17, 15) is 20.2 Å². The number of pyridine rings is 1. The fourth-order valence-electron chi connectivity index (χ4n) is 3.18. The Bertz CT molecular complexity index is 1250. The number of non-ortho nitro benzene ring substituents is 2. The molecular formula is C20H13N3O5. The average Bonchev–Trinajstić information content (AvgIpc) is 2.72. The van der Waals surface area contributed by atoms with Crippen LogP contribution in [0.15, 0.2) is 60.7 Å². The largest absolute Gasteiger partial charge is 0.497 e. The summed E-state index contributed by atoms with van der Waals surface area (Å²) < 4.78 is 5.17. The highest BCUT2D eigenvalue weighted by atomic mass is 16.6. The maximum Gasteiger partial charge on any atom is 0.271 e. The van der Waals surface area contributed by atoms with Crippen LogP contribution >= 0.6 is 0 Å². The Labute approximate surface area is 158 Å². The van der Waals surface area contributed by atoms with Crippen LogP contribution in [0.4, 0.5) is 11.4 Å². The third-order valence-electron chi connectivity index (χ3n) is 4.55. The van der Waals surface area contributed by atoms with E-state index in [0.717, 1.165) is 10.9 Å². The van der Waals surface area contributed by atoms with Crippen molar-refractivity contribution in [2.24, 2.45) is 0 Å². The van der Waals surface area contributed by atoms with Crippen molar-refractivity contribution >= 4 is 33.1 Å². The van der Waals surface area contributed by atoms with E-state index in [-0.39, 0.29) is 11.4 Å². The van der Waals surface area contributed by atoms with E-state index in [0.29, 0.717) is 27.7 Å². The maximum absolute atomic E-state index is 11.3. The first kappa shape index (κ1) is 17.3. The Hall–Kier alpha value is -4.07. The van der Waals surface area contributed by atoms with Crippen LogP contribution in [-0.2, 0) is 0 Å². The highest BCUT2D eigenvalue weighted by Gasteiger charge is 2.16. The lowest BCUT2D eigenvalue weighted by atomic mass is 9.99. The summed E-state index contributed by atoms with van der Waals surface area (Å²) in [4.78, 5) is 26.1. The Morgan fingerprint density at radius 1 is 0.786 bits per heavy atom. The molecule has 0 unspecified atom stereocenters. The highest BCUT2D eigenvalue weighted by Crippen LogP contribution is 2.36. The third-order valence-corrected chi connectivity index (χ3v) is 4.55. The molecular weight excluding hydrogens is 362 g/mol. The average molecular weight is 375 g/mol. The molecule has 0 radical (unpaired) electrons. The summed E-state index contributed by atoms with van der Waals surface area (Å²) in [6, 6.07) is 16.1. The number of nitro benzene ring substituents is 2. The number of fused-ring (bicyclic) bond motifs is 3. The molecule has 28 heavy (non-hydrogen) atoms. The lowest BCUT2D eigenvalue weighted by Gasteiger charge is -2.10. The van der Waals surface area contributed by atoms with Crippen LogP contribution < -0.4 is 4.74 Å². The lowest BCUT2D eigenvalue weighted by Crippen LogP contribution is -1.94. The molecule has 0 saturated carbocycles. The Balaban J connectivity index is 2.08. The number of hydrogen-bond acceptors (Lipinski definition) is 6. The number of benzene rings is 3. The Morgan fingerprint density at radius 3 is 2.00 bits per heavy atom. The fourth-order valence-corrected chi connectivity index (χ4v) is 3.18. The smallest absolute Gasteiger partial charge is 0.271 e. The van der Waals surface area contributed by atoms with Crippen molar-refractivity contribution in [2.75, 3.05) is 7.11 Å². The van der Waals surface area contributed by atoms with E-state index in [2.05, 4.69) is 4.98 Å². The van der Waals surface area contributed by atoms with Crippen molar-refractivity contribution in [3.8, 4) is 17.0 Å². The summed E-state index contributed by atoms with van der Waals surface area (Å²) in [6.07, 6.45) is 0. The standard InChI is InChI=1S/C20H13N3O5/c1-28-15-6-2-12(3-7-15)20-18-10-13(22(24)25)4-8-16(18)17-9-5-14(23(26)27)11-19(17)21-20/h2-11H,1H3. The molecule has 0 amide bonds. The van der Waals surface area contributed by atoms with Crippen LogP contribution in [0.1, 0.15) is 0 Å². The fraction of sp³-hybridized carbons (Fsp3) is 0.0500. The zero-order valence-electron chi connectivity index (χ0n) is 14.7. The molecule has 4 rings (SSSR count). The van der Waals surface area contributed by atoms with Crippen molar-refractivity contribution in [3.63, 3.8) is 0 Å². The van der Waals surface area contributed by atoms with E-state index in [1.807, 2.05) is 0 Å². The van der Waals surface area contributed by atoms with Crippen molar-refractivity contribution in [2.45, 2.75) is 0 Å². The Kier molecular flexibility index (Phi) is 4.08. The van der Waals surface area contributed by atoms with Gasteiger partial charge in [-0.15, -0.1) is 0 Å². The maximum atomic E-state index is 11.3. The minimum atomic E-state index is -0.478. The van der Waals surface area contributed by atoms with E-state index in [1.54, 1.807) is 43.5 Å². The number of nitrogens with zero attached hydrogens (tertiary/aromatic N) is 3. The van der Waals surface area contributed by atoms with E-state index in [1.165, 1.54) is 24.3 Å². The molecule has 8 heteroatoms. The number of methoxy groups -OCH3 is 1. The number of nitro groups is 2. The normalized spacial score (nSPS) is 10.9. The molecule has 138 valence electrons. The number of aromatic nitrogens is 1. The van der Waals surface area contributed by atoms with Gasteiger partial charge in [-0.1, -0.05) is 0 Å². The van der Waals surface area contributed by atoms with Gasteiger partial charge in [0.2, 0.25) is 0 Å². The van der Waals surface area contributed by atoms with Gasteiger partial charge in [0, 0.05) is 40.6 Å². The van der Waals surface area contributed by atoms with E-state index < -0.39 is 9.85 Å². The second-order valence-corrected chi connectivity index (χ2v) is 6.13. The van der Waals surface area contributed by atoms with Gasteiger partial charge in [0.05, 0.1) is 28.2 Å². The lowest BCUT2D eigenvalue weighted by molar-refractivity contribution is -0.384. The van der Waals surface area contributed by atoms with Gasteiger partial charge in [-0.05, 0) is 41.8 Å². The first-order valence-electron chi connectivity index (χ1n) is 8.28. The molecule has 4 aromatic rings. The van der Waals surface area contributed by atoms with Crippen molar-refractivity contribution in [1.82, 2.24) is 4.98 Å². The molecule has 8 nitrogen and oxygen atoms in total. The van der Waals surface area contributed by atoms with Gasteiger partial charge in [-0.3, -0.25) is 20.2 Å². The second kappa shape index (κ2) is 6.58. The first-order chi connectivity index (χ1) is 13.5. The van der Waals surface area contributed by atoms with Crippen molar-refractivity contribution in [1.29, 1.82) is 0 Å². The topological polar surface area (TPSA) is 108 Å². The molecule has 0 aliphatic rings. The quantitative estimate of drug-likeness (QED) is 0.286. The zero-order chi connectivity index (χ0) is 19.8. The molecule has 0 N–H and O–H groups in total. The third kappa shape index (κ3) is 2.86. The van der Waals surface area contributed by atoms with Gasteiger partial charge in [-0.2, -0.15) is 0 Å². The monoisotopic (exact) mass is 375 g/mol. The van der Waals surface area contributed by atoms with Gasteiger partial charge in [0.1, 0.15) is 5.75 Å². The minimum Gasteiger partial charge on any atom is -0.497 e. The molecule has 0 atom stereocenters. The molecule has 0 fully saturated rings. The Morgan fingerprint density at radius 2 is 1.39 bits per heavy atom. The summed E-state index contributed by atoms with van der Waals surface area (Å²) in [5, 5.41) is 24.4. The molecule has 1 aromatic heterocycles. The second-order valence-electron chi connectivity index (χ2n) is 6.13. The van der Waals surface area contributed by atoms with E-state index >= 15 is 0 Å². The van der Waals surface area contributed by atoms with Crippen LogP contribution in [0.2, 0.25) is 0 Å². The van der Waals surface area contributed by atoms with Gasteiger partial charge >= 0.3 is 0 Å². The summed E-state index contributed by atoms with van der Waals surface area (Å²) in [5.41, 5.74) is 1.56. The van der Waals surface area contributed by atoms with Crippen LogP contribution in [0.25, 0.3) is 32.9 Å². The van der Waals surface area contributed by atoms with Gasteiger partial charge in [0.15, 0.2) is 0 Å². The van der Waals surface area contributed by atoms with Crippen LogP contribution in [-0.4, -0.2) is 21.9 Å². The number of ether oxygens (including phenoxy) is 1. The summed E-state index contributed by atoms with van der Waals surface area (Å²) in [7, 11) is 1.56. The first-order valence-corrected chi connectivity index (χ1v) is 8.28. The summed E-state index contributed by atoms with van der Waals surface area (Å²) >= 11 is 0. The molecule has 0 aliphatic heterocycles. The molecule has 0 saturated heterocycles. The molecule has 1 heterocycles. The van der Waals surface area contributed by atoms with Crippen LogP contribution in [0.3, 0.4) is 0 Å². The molecule has 3 aromatic carbocycles. The van der Waals surface area contributed by atoms with Crippen molar-refractivity contribution < 1.29 is 14.6 Å². The minimum absolute atomic E-state index is 0.0506. The van der Waals surface area contributed by atoms with Gasteiger partial charge in [0.25, 0.3) is 11.4 Å². The van der Waals surface area contributed by atoms with E-state index in [4.69, 9.17) is 4.74 Å². The highest BCUT2D eigenvalue weighted by molar-refractivity contribution is 6.11. The summed E-state index contributed by atoms with van der Waals surface area (Å²) in [6.45, 7) is 0. The molecule has 0 bridgehead atoms. The molecule has 0 spiro atoms. The van der Waals surface area contributed by atoms with Crippen LogP contribution in [0, 0.1) is 20.2 Å². The summed E-state index contributed by atoms with van der Waals surface area (Å²) in [5.74, 6) is 0.662. The van der Waals surface area contributed by atoms with Crippen molar-refractivity contribution in [3.05, 3.63) is 80.9 Å². The zero-order valence-corrected chi connectivity index (χ0v) is 14.7. The van der Waals surface area contributed by atoms with Crippen LogP contribution in [0.5, 0.6) is 5.75 Å². The predicted molar refractivity (Wildman–Crippen MR) is 105 cm³/mol. The number of rotatable bonds is 4. The molecule has 0 aliphatic carbocycles. The SMILES string of the molecule is COc1ccc(-c2nc3cc([N+](=O)[O-])ccc3c3ccc([N+](=O)[O-])cc23)cc1. The van der Waals surface area contributed by atoms with Gasteiger partial charge < -0.3 is 4.74 Å². The predicted octanol–water partition coefficient (Wildman–Crippen LogP) is 4.88. The van der Waals surface area contributed by atoms with Gasteiger partial charge in [-0.25, -0.2) is 4.98 Å².